The fourth-order valence-corrected chi connectivity index (χ4v) is 3.71. The average molecular weight is 339 g/mol. The highest BCUT2D eigenvalue weighted by Crippen LogP contribution is 2.36. The zero-order valence-electron chi connectivity index (χ0n) is 7.89. The number of hydrogen-bond acceptors (Lipinski definition) is 3. The van der Waals surface area contributed by atoms with Gasteiger partial charge in [-0.25, -0.2) is 4.79 Å². The second-order valence-corrected chi connectivity index (χ2v) is 5.42. The highest BCUT2D eigenvalue weighted by molar-refractivity contribution is 9.10. The van der Waals surface area contributed by atoms with Crippen molar-refractivity contribution in [3.8, 4) is 0 Å². The number of amides is 1. The fraction of sp³-hybridized carbons (Fsp3) is 0.556. The third-order valence-corrected chi connectivity index (χ3v) is 4.66. The van der Waals surface area contributed by atoms with Crippen LogP contribution in [-0.4, -0.2) is 45.6 Å². The van der Waals surface area contributed by atoms with Gasteiger partial charge in [0.2, 0.25) is 0 Å². The molecule has 2 aliphatic rings. The van der Waals surface area contributed by atoms with Crippen molar-refractivity contribution in [2.24, 2.45) is 0 Å². The van der Waals surface area contributed by atoms with Crippen molar-refractivity contribution >= 4 is 43.7 Å². The van der Waals surface area contributed by atoms with Crippen molar-refractivity contribution in [2.75, 3.05) is 7.11 Å². The van der Waals surface area contributed by atoms with E-state index in [1.165, 1.54) is 7.11 Å². The lowest BCUT2D eigenvalue weighted by atomic mass is 10.0. The van der Waals surface area contributed by atoms with Crippen LogP contribution in [0, 0.1) is 0 Å². The van der Waals surface area contributed by atoms with E-state index in [1.54, 1.807) is 4.90 Å². The Bertz CT molecular complexity index is 322. The van der Waals surface area contributed by atoms with Crippen molar-refractivity contribution in [3.05, 3.63) is 12.2 Å². The van der Waals surface area contributed by atoms with Gasteiger partial charge >= 0.3 is 6.09 Å². The summed E-state index contributed by atoms with van der Waals surface area (Å²) in [5.74, 6) is 0.0650. The first-order valence-corrected chi connectivity index (χ1v) is 6.27. The second kappa shape index (κ2) is 3.90. The number of methoxy groups -OCH3 is 1. The molecular weight excluding hydrogens is 330 g/mol. The minimum absolute atomic E-state index is 0.0650. The maximum absolute atomic E-state index is 11.7. The van der Waals surface area contributed by atoms with Crippen molar-refractivity contribution in [1.29, 1.82) is 0 Å². The molecule has 82 valence electrons. The molecule has 15 heavy (non-hydrogen) atoms. The molecule has 0 radical (unpaired) electrons. The summed E-state index contributed by atoms with van der Waals surface area (Å²) in [7, 11) is 1.34. The lowest BCUT2D eigenvalue weighted by Gasteiger charge is -2.38. The molecule has 0 saturated carbocycles. The standard InChI is InChI=1S/C9H9Br2NO3/c1-15-9(14)12-4-2-3-5(12)7(11)8(13)6(4)10/h2-7H,1H3. The molecule has 4 nitrogen and oxygen atoms in total. The van der Waals surface area contributed by atoms with Crippen LogP contribution in [0.5, 0.6) is 0 Å². The monoisotopic (exact) mass is 337 g/mol. The Hall–Kier alpha value is -0.360. The highest BCUT2D eigenvalue weighted by Gasteiger charge is 2.50. The molecule has 0 aromatic heterocycles. The van der Waals surface area contributed by atoms with Gasteiger partial charge in [-0.05, 0) is 0 Å². The van der Waals surface area contributed by atoms with Gasteiger partial charge in [0, 0.05) is 0 Å². The maximum atomic E-state index is 11.7. The van der Waals surface area contributed by atoms with Crippen molar-refractivity contribution in [2.45, 2.75) is 21.7 Å². The number of alkyl halides is 2. The quantitative estimate of drug-likeness (QED) is 0.496. The van der Waals surface area contributed by atoms with Gasteiger partial charge in [-0.2, -0.15) is 0 Å². The average Bonchev–Trinajstić information content (AvgIpc) is 2.64. The van der Waals surface area contributed by atoms with E-state index in [-0.39, 0.29) is 27.5 Å². The predicted octanol–water partition coefficient (Wildman–Crippen LogP) is 1.47. The van der Waals surface area contributed by atoms with E-state index < -0.39 is 6.09 Å². The molecule has 1 saturated heterocycles. The van der Waals surface area contributed by atoms with Gasteiger partial charge in [-0.15, -0.1) is 0 Å². The van der Waals surface area contributed by atoms with Gasteiger partial charge in [0.1, 0.15) is 0 Å². The predicted molar refractivity (Wildman–Crippen MR) is 61.4 cm³/mol. The maximum Gasteiger partial charge on any atom is 0.410 e. The van der Waals surface area contributed by atoms with Gasteiger partial charge in [-0.1, -0.05) is 44.0 Å². The van der Waals surface area contributed by atoms with E-state index in [4.69, 9.17) is 4.74 Å². The van der Waals surface area contributed by atoms with Crippen LogP contribution in [0.15, 0.2) is 12.2 Å². The summed E-state index contributed by atoms with van der Waals surface area (Å²) >= 11 is 6.61. The lowest BCUT2D eigenvalue weighted by molar-refractivity contribution is -0.120. The summed E-state index contributed by atoms with van der Waals surface area (Å²) in [6, 6.07) is -0.465. The number of Topliss-reactive ketones (excluding diaryl/α,β-unsaturated/α-hetero) is 1. The van der Waals surface area contributed by atoms with Gasteiger partial charge in [0.15, 0.2) is 5.78 Å². The van der Waals surface area contributed by atoms with E-state index in [0.29, 0.717) is 0 Å². The Balaban J connectivity index is 2.32. The van der Waals surface area contributed by atoms with E-state index in [9.17, 15) is 9.59 Å². The third kappa shape index (κ3) is 1.54. The van der Waals surface area contributed by atoms with E-state index in [0.717, 1.165) is 0 Å². The largest absolute Gasteiger partial charge is 0.453 e. The van der Waals surface area contributed by atoms with Crippen LogP contribution in [0.25, 0.3) is 0 Å². The smallest absolute Gasteiger partial charge is 0.410 e. The molecule has 0 aliphatic carbocycles. The zero-order valence-corrected chi connectivity index (χ0v) is 11.1. The van der Waals surface area contributed by atoms with Crippen molar-refractivity contribution in [3.63, 3.8) is 0 Å². The molecule has 4 unspecified atom stereocenters. The molecule has 4 atom stereocenters. The number of piperidine rings is 1. The molecule has 2 rings (SSSR count). The van der Waals surface area contributed by atoms with E-state index in [1.807, 2.05) is 12.2 Å². The van der Waals surface area contributed by atoms with Gasteiger partial charge < -0.3 is 4.74 Å². The Morgan fingerprint density at radius 2 is 1.80 bits per heavy atom. The number of hydrogen-bond donors (Lipinski definition) is 0. The summed E-state index contributed by atoms with van der Waals surface area (Å²) in [5.41, 5.74) is 0. The minimum atomic E-state index is -0.406. The molecule has 1 fully saturated rings. The molecule has 2 aliphatic heterocycles. The number of ketones is 1. The Labute approximate surface area is 104 Å². The highest BCUT2D eigenvalue weighted by atomic mass is 79.9. The van der Waals surface area contributed by atoms with E-state index in [2.05, 4.69) is 31.9 Å². The number of ether oxygens (including phenoxy) is 1. The van der Waals surface area contributed by atoms with Crippen LogP contribution in [0.2, 0.25) is 0 Å². The van der Waals surface area contributed by atoms with Crippen molar-refractivity contribution < 1.29 is 14.3 Å². The molecule has 2 bridgehead atoms. The Kier molecular flexibility index (Phi) is 2.89. The molecule has 0 aromatic carbocycles. The van der Waals surface area contributed by atoms with Crippen LogP contribution in [0.1, 0.15) is 0 Å². The number of carbonyl (C=O) groups excluding carboxylic acids is 2. The number of halogens is 2. The summed E-state index contributed by atoms with van der Waals surface area (Å²) in [6.07, 6.45) is 3.32. The molecule has 0 aromatic rings. The molecule has 0 N–H and O–H groups in total. The SMILES string of the molecule is COC(=O)N1C2C=CC1C(Br)C(=O)C2Br. The molecule has 2 heterocycles. The minimum Gasteiger partial charge on any atom is -0.453 e. The lowest BCUT2D eigenvalue weighted by Crippen LogP contribution is -2.58. The van der Waals surface area contributed by atoms with Crippen molar-refractivity contribution in [1.82, 2.24) is 4.90 Å². The summed E-state index contributed by atoms with van der Waals surface area (Å²) in [4.78, 5) is 24.1. The van der Waals surface area contributed by atoms with Crippen LogP contribution in [-0.2, 0) is 9.53 Å². The first kappa shape index (κ1) is 11.1. The first-order valence-electron chi connectivity index (χ1n) is 4.44. The summed E-state index contributed by atoms with van der Waals surface area (Å²) in [5, 5.41) is 0. The Morgan fingerprint density at radius 3 is 2.20 bits per heavy atom. The van der Waals surface area contributed by atoms with Crippen LogP contribution in [0.4, 0.5) is 4.79 Å². The number of carbonyl (C=O) groups is 2. The van der Waals surface area contributed by atoms with Gasteiger partial charge in [0.05, 0.1) is 28.8 Å². The fourth-order valence-electron chi connectivity index (χ4n) is 1.93. The third-order valence-electron chi connectivity index (χ3n) is 2.68. The second-order valence-electron chi connectivity index (χ2n) is 3.45. The summed E-state index contributed by atoms with van der Waals surface area (Å²) < 4.78 is 4.70. The van der Waals surface area contributed by atoms with Crippen LogP contribution >= 0.6 is 31.9 Å². The zero-order chi connectivity index (χ0) is 11.2. The normalized spacial score (nSPS) is 38.3. The topological polar surface area (TPSA) is 46.6 Å². The van der Waals surface area contributed by atoms with Gasteiger partial charge in [-0.3, -0.25) is 9.69 Å². The van der Waals surface area contributed by atoms with Gasteiger partial charge in [0.25, 0.3) is 0 Å². The van der Waals surface area contributed by atoms with Crippen LogP contribution < -0.4 is 0 Å². The number of rotatable bonds is 0. The first-order chi connectivity index (χ1) is 7.07. The number of fused-ring (bicyclic) bond motifs is 2. The van der Waals surface area contributed by atoms with E-state index >= 15 is 0 Å². The number of nitrogens with zero attached hydrogens (tertiary/aromatic N) is 1. The Morgan fingerprint density at radius 1 is 1.33 bits per heavy atom. The molecular formula is C9H9Br2NO3. The molecule has 1 amide bonds. The molecule has 6 heteroatoms. The van der Waals surface area contributed by atoms with Crippen LogP contribution in [0.3, 0.4) is 0 Å². The molecule has 0 spiro atoms. The summed E-state index contributed by atoms with van der Waals surface area (Å²) in [6.45, 7) is 0.